The van der Waals surface area contributed by atoms with Crippen LogP contribution in [0, 0.1) is 6.92 Å². The maximum Gasteiger partial charge on any atom is 0.130 e. The van der Waals surface area contributed by atoms with Crippen LogP contribution in [-0.2, 0) is 6.42 Å². The highest BCUT2D eigenvalue weighted by Gasteiger charge is 2.19. The van der Waals surface area contributed by atoms with Gasteiger partial charge >= 0.3 is 0 Å². The van der Waals surface area contributed by atoms with E-state index in [0.717, 1.165) is 29.9 Å². The third-order valence-electron chi connectivity index (χ3n) is 3.15. The molecule has 3 rings (SSSR count). The van der Waals surface area contributed by atoms with Gasteiger partial charge in [0, 0.05) is 27.6 Å². The van der Waals surface area contributed by atoms with Crippen molar-refractivity contribution in [2.75, 3.05) is 6.61 Å². The van der Waals surface area contributed by atoms with Crippen LogP contribution in [0.25, 0.3) is 11.1 Å². The number of aryl methyl sites for hydroxylation is 1. The molecule has 0 spiro atoms. The molecule has 0 unspecified atom stereocenters. The highest BCUT2D eigenvalue weighted by Crippen LogP contribution is 2.41. The Morgan fingerprint density at radius 1 is 1.06 bits per heavy atom. The SMILES string of the molecule is Cc1cc2c(c(-c3cc(Cl)ccc3Cl)c1)OCC2. The summed E-state index contributed by atoms with van der Waals surface area (Å²) in [5.74, 6) is 0.949. The summed E-state index contributed by atoms with van der Waals surface area (Å²) < 4.78 is 5.73. The molecule has 0 bridgehead atoms. The van der Waals surface area contributed by atoms with Crippen molar-refractivity contribution in [1.29, 1.82) is 0 Å². The van der Waals surface area contributed by atoms with Gasteiger partial charge < -0.3 is 4.74 Å². The lowest BCUT2D eigenvalue weighted by atomic mass is 9.98. The van der Waals surface area contributed by atoms with Crippen molar-refractivity contribution in [2.24, 2.45) is 0 Å². The molecule has 0 aromatic heterocycles. The smallest absolute Gasteiger partial charge is 0.130 e. The van der Waals surface area contributed by atoms with Crippen molar-refractivity contribution in [2.45, 2.75) is 13.3 Å². The molecule has 0 radical (unpaired) electrons. The average molecular weight is 279 g/mol. The first-order valence-corrected chi connectivity index (χ1v) is 6.62. The molecule has 3 heteroatoms. The molecule has 1 heterocycles. The predicted octanol–water partition coefficient (Wildman–Crippen LogP) is 4.90. The predicted molar refractivity (Wildman–Crippen MR) is 75.8 cm³/mol. The van der Waals surface area contributed by atoms with E-state index < -0.39 is 0 Å². The highest BCUT2D eigenvalue weighted by atomic mass is 35.5. The molecule has 0 saturated heterocycles. The number of halogens is 2. The first-order valence-electron chi connectivity index (χ1n) is 5.87. The van der Waals surface area contributed by atoms with E-state index in [1.807, 2.05) is 12.1 Å². The van der Waals surface area contributed by atoms with E-state index in [4.69, 9.17) is 27.9 Å². The highest BCUT2D eigenvalue weighted by molar-refractivity contribution is 6.35. The molecule has 1 nitrogen and oxygen atoms in total. The largest absolute Gasteiger partial charge is 0.492 e. The molecule has 0 atom stereocenters. The Kier molecular flexibility index (Phi) is 2.96. The fourth-order valence-electron chi connectivity index (χ4n) is 2.37. The van der Waals surface area contributed by atoms with Crippen LogP contribution in [0.2, 0.25) is 10.0 Å². The number of benzene rings is 2. The van der Waals surface area contributed by atoms with Gasteiger partial charge in [0.15, 0.2) is 0 Å². The van der Waals surface area contributed by atoms with Gasteiger partial charge in [-0.05, 0) is 42.3 Å². The lowest BCUT2D eigenvalue weighted by molar-refractivity contribution is 0.358. The molecule has 92 valence electrons. The van der Waals surface area contributed by atoms with Crippen LogP contribution in [0.4, 0.5) is 0 Å². The van der Waals surface area contributed by atoms with E-state index >= 15 is 0 Å². The minimum atomic E-state index is 0.683. The zero-order chi connectivity index (χ0) is 12.7. The second-order valence-corrected chi connectivity index (χ2v) is 5.37. The molecule has 0 fully saturated rings. The molecule has 1 aliphatic heterocycles. The van der Waals surface area contributed by atoms with Gasteiger partial charge in [-0.3, -0.25) is 0 Å². The standard InChI is InChI=1S/C15H12Cl2O/c1-9-6-10-4-5-18-15(10)13(7-9)12-8-11(16)2-3-14(12)17/h2-3,6-8H,4-5H2,1H3. The second-order valence-electron chi connectivity index (χ2n) is 4.52. The van der Waals surface area contributed by atoms with Crippen molar-refractivity contribution in [1.82, 2.24) is 0 Å². The average Bonchev–Trinajstić information content (AvgIpc) is 2.79. The molecule has 1 aliphatic rings. The van der Waals surface area contributed by atoms with Crippen LogP contribution in [0.5, 0.6) is 5.75 Å². The monoisotopic (exact) mass is 278 g/mol. The molecular weight excluding hydrogens is 267 g/mol. The Labute approximate surface area is 116 Å². The topological polar surface area (TPSA) is 9.23 Å². The Bertz CT molecular complexity index is 620. The Morgan fingerprint density at radius 3 is 2.72 bits per heavy atom. The molecule has 0 N–H and O–H groups in total. The van der Waals surface area contributed by atoms with E-state index in [0.29, 0.717) is 10.0 Å². The van der Waals surface area contributed by atoms with Crippen molar-refractivity contribution in [3.05, 3.63) is 51.5 Å². The van der Waals surface area contributed by atoms with Gasteiger partial charge in [0.25, 0.3) is 0 Å². The van der Waals surface area contributed by atoms with Crippen LogP contribution < -0.4 is 4.74 Å². The van der Waals surface area contributed by atoms with Crippen LogP contribution in [0.15, 0.2) is 30.3 Å². The summed E-state index contributed by atoms with van der Waals surface area (Å²) >= 11 is 12.3. The molecule has 18 heavy (non-hydrogen) atoms. The first kappa shape index (κ1) is 11.9. The Hall–Kier alpha value is -1.18. The van der Waals surface area contributed by atoms with E-state index in [1.165, 1.54) is 11.1 Å². The third kappa shape index (κ3) is 1.98. The van der Waals surface area contributed by atoms with Crippen molar-refractivity contribution in [3.8, 4) is 16.9 Å². The van der Waals surface area contributed by atoms with E-state index in [1.54, 1.807) is 6.07 Å². The van der Waals surface area contributed by atoms with Crippen LogP contribution in [0.3, 0.4) is 0 Å². The fraction of sp³-hybridized carbons (Fsp3) is 0.200. The minimum Gasteiger partial charge on any atom is -0.492 e. The van der Waals surface area contributed by atoms with E-state index in [-0.39, 0.29) is 0 Å². The Morgan fingerprint density at radius 2 is 1.89 bits per heavy atom. The lowest BCUT2D eigenvalue weighted by Crippen LogP contribution is -1.90. The third-order valence-corrected chi connectivity index (χ3v) is 3.71. The number of rotatable bonds is 1. The molecule has 0 saturated carbocycles. The molecule has 2 aromatic carbocycles. The van der Waals surface area contributed by atoms with E-state index in [2.05, 4.69) is 19.1 Å². The summed E-state index contributed by atoms with van der Waals surface area (Å²) in [5.41, 5.74) is 4.44. The molecule has 2 aromatic rings. The van der Waals surface area contributed by atoms with Gasteiger partial charge in [0.05, 0.1) is 6.61 Å². The van der Waals surface area contributed by atoms with Gasteiger partial charge in [0.2, 0.25) is 0 Å². The summed E-state index contributed by atoms with van der Waals surface area (Å²) in [7, 11) is 0. The van der Waals surface area contributed by atoms with Crippen LogP contribution in [0.1, 0.15) is 11.1 Å². The summed E-state index contributed by atoms with van der Waals surface area (Å²) in [4.78, 5) is 0. The maximum atomic E-state index is 6.27. The van der Waals surface area contributed by atoms with Gasteiger partial charge in [-0.2, -0.15) is 0 Å². The molecular formula is C15H12Cl2O. The minimum absolute atomic E-state index is 0.683. The van der Waals surface area contributed by atoms with Crippen LogP contribution >= 0.6 is 23.2 Å². The zero-order valence-electron chi connectivity index (χ0n) is 9.97. The quantitative estimate of drug-likeness (QED) is 0.721. The first-order chi connectivity index (χ1) is 8.65. The van der Waals surface area contributed by atoms with Crippen LogP contribution in [-0.4, -0.2) is 6.61 Å². The Balaban J connectivity index is 2.26. The summed E-state index contributed by atoms with van der Waals surface area (Å²) in [6.45, 7) is 2.82. The normalized spacial score (nSPS) is 13.3. The zero-order valence-corrected chi connectivity index (χ0v) is 11.5. The van der Waals surface area contributed by atoms with Crippen molar-refractivity contribution >= 4 is 23.2 Å². The van der Waals surface area contributed by atoms with Crippen molar-refractivity contribution < 1.29 is 4.74 Å². The number of hydrogen-bond donors (Lipinski definition) is 0. The lowest BCUT2D eigenvalue weighted by Gasteiger charge is -2.11. The maximum absolute atomic E-state index is 6.27. The number of ether oxygens (including phenoxy) is 1. The van der Waals surface area contributed by atoms with Gasteiger partial charge in [-0.15, -0.1) is 0 Å². The van der Waals surface area contributed by atoms with Gasteiger partial charge in [0.1, 0.15) is 5.75 Å². The number of hydrogen-bond acceptors (Lipinski definition) is 1. The van der Waals surface area contributed by atoms with Gasteiger partial charge in [-0.25, -0.2) is 0 Å². The molecule has 0 aliphatic carbocycles. The summed E-state index contributed by atoms with van der Waals surface area (Å²) in [6.07, 6.45) is 0.961. The van der Waals surface area contributed by atoms with E-state index in [9.17, 15) is 0 Å². The fourth-order valence-corrected chi connectivity index (χ4v) is 2.76. The second kappa shape index (κ2) is 4.49. The van der Waals surface area contributed by atoms with Crippen molar-refractivity contribution in [3.63, 3.8) is 0 Å². The summed E-state index contributed by atoms with van der Waals surface area (Å²) in [5, 5.41) is 1.38. The summed E-state index contributed by atoms with van der Waals surface area (Å²) in [6, 6.07) is 9.78. The molecule has 0 amide bonds. The number of fused-ring (bicyclic) bond motifs is 1. The van der Waals surface area contributed by atoms with Gasteiger partial charge in [-0.1, -0.05) is 29.3 Å².